The van der Waals surface area contributed by atoms with Gasteiger partial charge in [-0.1, -0.05) is 158 Å². The van der Waals surface area contributed by atoms with Crippen LogP contribution in [0, 0.1) is 0 Å². The van der Waals surface area contributed by atoms with E-state index in [1.165, 1.54) is 48.9 Å². The Morgan fingerprint density at radius 3 is 1.68 bits per heavy atom. The summed E-state index contributed by atoms with van der Waals surface area (Å²) in [6.45, 7) is 0. The maximum absolute atomic E-state index is 5.62. The van der Waals surface area contributed by atoms with Gasteiger partial charge in [-0.2, -0.15) is 0 Å². The molecule has 3 aromatic heterocycles. The predicted molar refractivity (Wildman–Crippen MR) is 260 cm³/mol. The normalized spacial score (nSPS) is 13.8. The number of nitrogens with zero attached hydrogens (tertiary/aromatic N) is 5. The molecular formula is C57H38N6. The van der Waals surface area contributed by atoms with E-state index in [0.29, 0.717) is 0 Å². The number of para-hydroxylation sites is 3. The average molecular weight is 807 g/mol. The zero-order valence-corrected chi connectivity index (χ0v) is 34.1. The third kappa shape index (κ3) is 5.51. The van der Waals surface area contributed by atoms with Crippen molar-refractivity contribution in [2.75, 3.05) is 5.32 Å². The molecule has 6 nitrogen and oxygen atoms in total. The number of aliphatic imine (C=N–C) groups is 1. The average Bonchev–Trinajstić information content (AvgIpc) is 4.02. The van der Waals surface area contributed by atoms with Crippen molar-refractivity contribution in [2.24, 2.45) is 4.99 Å². The molecule has 0 fully saturated rings. The van der Waals surface area contributed by atoms with Crippen molar-refractivity contribution >= 4 is 65.9 Å². The van der Waals surface area contributed by atoms with Crippen LogP contribution in [0.3, 0.4) is 0 Å². The van der Waals surface area contributed by atoms with Crippen LogP contribution < -0.4 is 5.32 Å². The molecule has 1 aliphatic heterocycles. The van der Waals surface area contributed by atoms with Gasteiger partial charge in [0, 0.05) is 44.0 Å². The highest BCUT2D eigenvalue weighted by Gasteiger charge is 2.32. The lowest BCUT2D eigenvalue weighted by Gasteiger charge is -2.27. The molecule has 0 amide bonds. The first-order valence-electron chi connectivity index (χ1n) is 21.4. The summed E-state index contributed by atoms with van der Waals surface area (Å²) < 4.78 is 7.01. The summed E-state index contributed by atoms with van der Waals surface area (Å²) in [5.74, 6) is 1.75. The zero-order valence-electron chi connectivity index (χ0n) is 34.1. The van der Waals surface area contributed by atoms with Gasteiger partial charge in [0.15, 0.2) is 0 Å². The van der Waals surface area contributed by atoms with Gasteiger partial charge in [0.05, 0.1) is 27.8 Å². The first kappa shape index (κ1) is 35.3. The summed E-state index contributed by atoms with van der Waals surface area (Å²) >= 11 is 0. The van der Waals surface area contributed by atoms with Crippen LogP contribution >= 0.6 is 0 Å². The number of aromatic nitrogens is 4. The van der Waals surface area contributed by atoms with Crippen molar-refractivity contribution in [2.45, 2.75) is 6.29 Å². The molecule has 0 radical (unpaired) electrons. The van der Waals surface area contributed by atoms with Gasteiger partial charge < -0.3 is 14.5 Å². The van der Waals surface area contributed by atoms with Gasteiger partial charge in [0.25, 0.3) is 0 Å². The second-order valence-corrected chi connectivity index (χ2v) is 16.2. The van der Waals surface area contributed by atoms with Gasteiger partial charge in [-0.15, -0.1) is 0 Å². The number of hydrogen-bond donors (Lipinski definition) is 1. The van der Waals surface area contributed by atoms with Crippen molar-refractivity contribution < 1.29 is 0 Å². The quantitative estimate of drug-likeness (QED) is 0.182. The fourth-order valence-electron chi connectivity index (χ4n) is 9.87. The van der Waals surface area contributed by atoms with Gasteiger partial charge >= 0.3 is 0 Å². The fourth-order valence-corrected chi connectivity index (χ4v) is 9.87. The Hall–Kier alpha value is -8.48. The monoisotopic (exact) mass is 806 g/mol. The second kappa shape index (κ2) is 14.0. The molecule has 1 N–H and O–H groups in total. The van der Waals surface area contributed by atoms with Crippen LogP contribution in [0.2, 0.25) is 0 Å². The standard InChI is InChI=1S/C57H38N6/c1-5-18-38(19-6-1)53-54-56(62(43-24-11-4-12-25-43)55(58-54)39-20-7-2-8-21-39)60-57(59-53)63-50-33-31-41(36-47(50)52-44-26-14-13-17-37(44)29-34-51(52)63)40-30-32-49-46(35-40)45-27-15-16-28-48(45)61(49)42-22-9-3-10-23-42/h1-36,57,60H. The molecule has 0 spiro atoms. The molecule has 6 heteroatoms. The van der Waals surface area contributed by atoms with E-state index in [1.54, 1.807) is 0 Å². The van der Waals surface area contributed by atoms with Gasteiger partial charge in [-0.3, -0.25) is 4.57 Å². The summed E-state index contributed by atoms with van der Waals surface area (Å²) in [4.78, 5) is 11.0. The molecule has 9 aromatic carbocycles. The topological polar surface area (TPSA) is 52.1 Å². The van der Waals surface area contributed by atoms with Crippen molar-refractivity contribution in [3.05, 3.63) is 230 Å². The number of nitrogens with one attached hydrogen (secondary N) is 1. The van der Waals surface area contributed by atoms with Crippen LogP contribution in [0.4, 0.5) is 5.82 Å². The van der Waals surface area contributed by atoms with Crippen LogP contribution in [0.5, 0.6) is 0 Å². The Balaban J connectivity index is 1.04. The molecule has 1 unspecified atom stereocenters. The minimum Gasteiger partial charge on any atom is -0.330 e. The van der Waals surface area contributed by atoms with Crippen molar-refractivity contribution in [3.63, 3.8) is 0 Å². The molecule has 12 aromatic rings. The Bertz CT molecular complexity index is 3750. The third-order valence-corrected chi connectivity index (χ3v) is 12.7. The lowest BCUT2D eigenvalue weighted by molar-refractivity contribution is 0.619. The van der Waals surface area contributed by atoms with Crippen LogP contribution in [0.15, 0.2) is 223 Å². The highest BCUT2D eigenvalue weighted by atomic mass is 15.4. The first-order chi connectivity index (χ1) is 31.3. The van der Waals surface area contributed by atoms with E-state index in [4.69, 9.17) is 9.98 Å². The minimum atomic E-state index is -0.497. The number of imidazole rings is 1. The van der Waals surface area contributed by atoms with E-state index in [-0.39, 0.29) is 0 Å². The molecule has 0 saturated heterocycles. The Morgan fingerprint density at radius 2 is 0.952 bits per heavy atom. The van der Waals surface area contributed by atoms with Crippen LogP contribution in [-0.2, 0) is 0 Å². The van der Waals surface area contributed by atoms with E-state index < -0.39 is 6.29 Å². The minimum absolute atomic E-state index is 0.497. The summed E-state index contributed by atoms with van der Waals surface area (Å²) in [6, 6.07) is 77.9. The highest BCUT2D eigenvalue weighted by molar-refractivity contribution is 6.22. The molecule has 0 saturated carbocycles. The molecular weight excluding hydrogens is 769 g/mol. The number of hydrogen-bond acceptors (Lipinski definition) is 3. The van der Waals surface area contributed by atoms with Gasteiger partial charge in [0.2, 0.25) is 6.29 Å². The Labute approximate surface area is 363 Å². The number of fused-ring (bicyclic) bond motifs is 9. The number of anilines is 1. The molecule has 0 bridgehead atoms. The smallest absolute Gasteiger partial charge is 0.202 e. The maximum atomic E-state index is 5.62. The molecule has 4 heterocycles. The molecule has 1 atom stereocenters. The lowest BCUT2D eigenvalue weighted by Crippen LogP contribution is -2.26. The third-order valence-electron chi connectivity index (χ3n) is 12.7. The lowest BCUT2D eigenvalue weighted by atomic mass is 9.99. The zero-order chi connectivity index (χ0) is 41.4. The Morgan fingerprint density at radius 1 is 0.397 bits per heavy atom. The van der Waals surface area contributed by atoms with Gasteiger partial charge in [-0.05, 0) is 82.6 Å². The summed E-state index contributed by atoms with van der Waals surface area (Å²) in [5, 5.41) is 11.2. The number of rotatable bonds is 6. The van der Waals surface area contributed by atoms with E-state index in [1.807, 2.05) is 6.07 Å². The highest BCUT2D eigenvalue weighted by Crippen LogP contribution is 2.43. The summed E-state index contributed by atoms with van der Waals surface area (Å²) in [5.41, 5.74) is 12.8. The van der Waals surface area contributed by atoms with Crippen LogP contribution in [0.1, 0.15) is 17.5 Å². The van der Waals surface area contributed by atoms with Crippen LogP contribution in [-0.4, -0.2) is 24.4 Å². The van der Waals surface area contributed by atoms with E-state index in [2.05, 4.69) is 231 Å². The van der Waals surface area contributed by atoms with Gasteiger partial charge in [0.1, 0.15) is 17.3 Å². The molecule has 1 aliphatic rings. The van der Waals surface area contributed by atoms with Gasteiger partial charge in [-0.25, -0.2) is 9.98 Å². The number of benzene rings is 9. The molecule has 0 aliphatic carbocycles. The summed E-state index contributed by atoms with van der Waals surface area (Å²) in [6.07, 6.45) is -0.497. The van der Waals surface area contributed by atoms with Crippen molar-refractivity contribution in [1.29, 1.82) is 0 Å². The molecule has 13 rings (SSSR count). The Kier molecular flexibility index (Phi) is 7.87. The van der Waals surface area contributed by atoms with E-state index in [0.717, 1.165) is 62.1 Å². The largest absolute Gasteiger partial charge is 0.330 e. The van der Waals surface area contributed by atoms with E-state index >= 15 is 0 Å². The second-order valence-electron chi connectivity index (χ2n) is 16.2. The SMILES string of the molecule is c1ccc(C2=NC(n3c4ccc(-c5ccc6c(c5)c5ccccc5n6-c5ccccc5)cc4c4c5ccccc5ccc43)Nc3c2nc(-c2ccccc2)n3-c2ccccc2)cc1. The van der Waals surface area contributed by atoms with Crippen molar-refractivity contribution in [1.82, 2.24) is 18.7 Å². The fraction of sp³-hybridized carbons (Fsp3) is 0.0175. The van der Waals surface area contributed by atoms with E-state index in [9.17, 15) is 0 Å². The summed E-state index contributed by atoms with van der Waals surface area (Å²) in [7, 11) is 0. The molecule has 63 heavy (non-hydrogen) atoms. The van der Waals surface area contributed by atoms with Crippen molar-refractivity contribution in [3.8, 4) is 33.9 Å². The predicted octanol–water partition coefficient (Wildman–Crippen LogP) is 14.0. The van der Waals surface area contributed by atoms with Crippen LogP contribution in [0.25, 0.3) is 88.3 Å². The maximum Gasteiger partial charge on any atom is 0.202 e. The molecule has 296 valence electrons. The first-order valence-corrected chi connectivity index (χ1v) is 21.4.